The lowest BCUT2D eigenvalue weighted by atomic mass is 9.79. The molecule has 2 unspecified atom stereocenters. The van der Waals surface area contributed by atoms with Crippen LogP contribution in [-0.4, -0.2) is 16.1 Å². The second kappa shape index (κ2) is 7.02. The van der Waals surface area contributed by atoms with E-state index >= 15 is 0 Å². The molecule has 2 atom stereocenters. The van der Waals surface area contributed by atoms with Gasteiger partial charge in [-0.2, -0.15) is 5.26 Å². The van der Waals surface area contributed by atoms with E-state index in [4.69, 9.17) is 5.14 Å². The predicted molar refractivity (Wildman–Crippen MR) is 103 cm³/mol. The molecule has 27 heavy (non-hydrogen) atoms. The molecule has 2 heterocycles. The number of nitrogens with zero attached hydrogens (tertiary/aromatic N) is 3. The van der Waals surface area contributed by atoms with Gasteiger partial charge in [0.2, 0.25) is 0 Å². The summed E-state index contributed by atoms with van der Waals surface area (Å²) in [5.41, 5.74) is 2.69. The van der Waals surface area contributed by atoms with Crippen molar-refractivity contribution in [3.8, 4) is 11.8 Å². The van der Waals surface area contributed by atoms with Crippen molar-refractivity contribution in [1.82, 2.24) is 4.98 Å². The third kappa shape index (κ3) is 2.93. The van der Waals surface area contributed by atoms with Gasteiger partial charge in [-0.05, 0) is 67.8 Å². The number of phenolic OH excluding ortho intramolecular Hbond substituents is 1. The fraction of sp³-hybridized carbons (Fsp3) is 0.400. The highest BCUT2D eigenvalue weighted by Crippen LogP contribution is 2.50. The Kier molecular flexibility index (Phi) is 4.70. The largest absolute Gasteiger partial charge is 0.505 e. The van der Waals surface area contributed by atoms with E-state index in [1.54, 1.807) is 13.1 Å². The highest BCUT2D eigenvalue weighted by Gasteiger charge is 2.41. The molecule has 0 saturated heterocycles. The van der Waals surface area contributed by atoms with Crippen LogP contribution in [-0.2, 0) is 0 Å². The molecule has 1 aromatic heterocycles. The molecule has 0 amide bonds. The third-order valence-electron chi connectivity index (χ3n) is 5.79. The van der Waals surface area contributed by atoms with Gasteiger partial charge in [-0.25, -0.2) is 4.39 Å². The van der Waals surface area contributed by atoms with Gasteiger partial charge in [-0.15, -0.1) is 0 Å². The predicted octanol–water partition coefficient (Wildman–Crippen LogP) is 4.31. The molecule has 2 aliphatic rings. The van der Waals surface area contributed by atoms with E-state index in [9.17, 15) is 14.8 Å². The Balaban J connectivity index is 1.86. The molecule has 0 spiro atoms. The fourth-order valence-electron chi connectivity index (χ4n) is 4.20. The van der Waals surface area contributed by atoms with Crippen LogP contribution in [0.4, 0.5) is 10.1 Å². The lowest BCUT2D eigenvalue weighted by Gasteiger charge is -2.48. The Morgan fingerprint density at radius 3 is 2.74 bits per heavy atom. The zero-order chi connectivity index (χ0) is 19.1. The van der Waals surface area contributed by atoms with Crippen LogP contribution < -0.4 is 10.0 Å². The van der Waals surface area contributed by atoms with Crippen LogP contribution in [0.15, 0.2) is 29.3 Å². The van der Waals surface area contributed by atoms with Crippen LogP contribution in [0.1, 0.15) is 54.5 Å². The van der Waals surface area contributed by atoms with Crippen molar-refractivity contribution in [1.29, 1.82) is 5.26 Å². The van der Waals surface area contributed by atoms with Crippen molar-refractivity contribution in [2.45, 2.75) is 55.5 Å². The number of aromatic nitrogens is 1. The zero-order valence-corrected chi connectivity index (χ0v) is 15.8. The number of pyridine rings is 1. The molecule has 1 saturated carbocycles. The fourth-order valence-corrected chi connectivity index (χ4v) is 4.46. The van der Waals surface area contributed by atoms with E-state index in [1.807, 2.05) is 12.1 Å². The number of anilines is 1. The Morgan fingerprint density at radius 2 is 2.19 bits per heavy atom. The summed E-state index contributed by atoms with van der Waals surface area (Å²) in [7, 11) is 0. The van der Waals surface area contributed by atoms with Crippen LogP contribution in [0, 0.1) is 24.1 Å². The van der Waals surface area contributed by atoms with Gasteiger partial charge in [0, 0.05) is 28.9 Å². The van der Waals surface area contributed by atoms with Crippen molar-refractivity contribution >= 4 is 17.6 Å². The second-order valence-electron chi connectivity index (χ2n) is 7.23. The molecule has 0 radical (unpaired) electrons. The minimum Gasteiger partial charge on any atom is -0.505 e. The van der Waals surface area contributed by atoms with Gasteiger partial charge in [0.15, 0.2) is 11.6 Å². The summed E-state index contributed by atoms with van der Waals surface area (Å²) in [5.74, 6) is -1.44. The number of nitrogens with two attached hydrogens (primary N) is 1. The van der Waals surface area contributed by atoms with Crippen LogP contribution in [0.2, 0.25) is 0 Å². The number of halogens is 1. The molecule has 1 aliphatic heterocycles. The van der Waals surface area contributed by atoms with Gasteiger partial charge in [0.25, 0.3) is 0 Å². The standard InChI is InChI=1S/C20H21FN4OS/c1-11-19-12(9-22)7-16(15-6-5-14(27-23)10-24-15)25(13-3-2-4-13)17(19)8-18(26)20(11)21/h5-6,8,10,12-13,16,26H,2-4,7,23H2,1H3. The Labute approximate surface area is 162 Å². The number of hydrogen-bond donors (Lipinski definition) is 2. The topological polar surface area (TPSA) is 86.2 Å². The number of benzene rings is 1. The first-order valence-corrected chi connectivity index (χ1v) is 9.95. The summed E-state index contributed by atoms with van der Waals surface area (Å²) in [6, 6.07) is 7.91. The summed E-state index contributed by atoms with van der Waals surface area (Å²) < 4.78 is 14.4. The van der Waals surface area contributed by atoms with Crippen molar-refractivity contribution < 1.29 is 9.50 Å². The maximum Gasteiger partial charge on any atom is 0.168 e. The number of rotatable bonds is 3. The minimum atomic E-state index is -0.636. The molecule has 140 valence electrons. The van der Waals surface area contributed by atoms with E-state index in [1.165, 1.54) is 6.07 Å². The van der Waals surface area contributed by atoms with Crippen molar-refractivity contribution in [2.75, 3.05) is 4.90 Å². The van der Waals surface area contributed by atoms with E-state index in [-0.39, 0.29) is 11.8 Å². The van der Waals surface area contributed by atoms with Gasteiger partial charge < -0.3 is 10.0 Å². The molecule has 1 aromatic carbocycles. The number of fused-ring (bicyclic) bond motifs is 1. The first-order valence-electron chi connectivity index (χ1n) is 9.07. The third-order valence-corrected chi connectivity index (χ3v) is 6.30. The zero-order valence-electron chi connectivity index (χ0n) is 15.0. The molecule has 5 nitrogen and oxygen atoms in total. The van der Waals surface area contributed by atoms with Gasteiger partial charge in [-0.1, -0.05) is 0 Å². The van der Waals surface area contributed by atoms with E-state index in [0.29, 0.717) is 23.6 Å². The van der Waals surface area contributed by atoms with E-state index in [2.05, 4.69) is 16.0 Å². The van der Waals surface area contributed by atoms with Gasteiger partial charge in [0.1, 0.15) is 0 Å². The summed E-state index contributed by atoms with van der Waals surface area (Å²) in [6.45, 7) is 1.64. The molecule has 1 fully saturated rings. The first kappa shape index (κ1) is 18.1. The number of aromatic hydroxyl groups is 1. The Morgan fingerprint density at radius 1 is 1.41 bits per heavy atom. The van der Waals surface area contributed by atoms with E-state index < -0.39 is 11.7 Å². The molecule has 1 aliphatic carbocycles. The molecule has 7 heteroatoms. The van der Waals surface area contributed by atoms with Crippen molar-refractivity contribution in [2.24, 2.45) is 5.14 Å². The van der Waals surface area contributed by atoms with Gasteiger partial charge in [0.05, 0.1) is 23.7 Å². The number of phenols is 1. The molecular formula is C20H21FN4OS. The Hall–Kier alpha value is -2.30. The van der Waals surface area contributed by atoms with Crippen molar-refractivity contribution in [3.63, 3.8) is 0 Å². The summed E-state index contributed by atoms with van der Waals surface area (Å²) in [6.07, 6.45) is 5.52. The maximum absolute atomic E-state index is 14.4. The SMILES string of the molecule is Cc1c(F)c(O)cc2c1C(C#N)CC(c1ccc(SN)cn1)N2C1CCC1. The highest BCUT2D eigenvalue weighted by atomic mass is 32.2. The molecule has 4 rings (SSSR count). The molecular weight excluding hydrogens is 363 g/mol. The lowest BCUT2D eigenvalue weighted by molar-refractivity contribution is 0.335. The quantitative estimate of drug-likeness (QED) is 0.767. The normalized spacial score (nSPS) is 22.1. The van der Waals surface area contributed by atoms with E-state index in [0.717, 1.165) is 47.5 Å². The molecule has 2 aromatic rings. The highest BCUT2D eigenvalue weighted by molar-refractivity contribution is 7.97. The minimum absolute atomic E-state index is 0.0893. The molecule has 3 N–H and O–H groups in total. The van der Waals surface area contributed by atoms with Crippen LogP contribution in [0.25, 0.3) is 0 Å². The summed E-state index contributed by atoms with van der Waals surface area (Å²) in [5, 5.41) is 25.5. The summed E-state index contributed by atoms with van der Waals surface area (Å²) in [4.78, 5) is 7.70. The van der Waals surface area contributed by atoms with Crippen molar-refractivity contribution in [3.05, 3.63) is 47.0 Å². The number of nitriles is 1. The monoisotopic (exact) mass is 384 g/mol. The first-order chi connectivity index (χ1) is 13.0. The maximum atomic E-state index is 14.4. The average molecular weight is 384 g/mol. The second-order valence-corrected chi connectivity index (χ2v) is 7.94. The van der Waals surface area contributed by atoms with Crippen LogP contribution >= 0.6 is 11.9 Å². The number of hydrogen-bond acceptors (Lipinski definition) is 6. The van der Waals surface area contributed by atoms with Gasteiger partial charge >= 0.3 is 0 Å². The van der Waals surface area contributed by atoms with Crippen LogP contribution in [0.5, 0.6) is 5.75 Å². The molecule has 0 bridgehead atoms. The summed E-state index contributed by atoms with van der Waals surface area (Å²) >= 11 is 1.14. The average Bonchev–Trinajstić information content (AvgIpc) is 2.65. The Bertz CT molecular complexity index is 908. The lowest BCUT2D eigenvalue weighted by Crippen LogP contribution is -2.46. The van der Waals surface area contributed by atoms with Gasteiger partial charge in [-0.3, -0.25) is 10.1 Å². The smallest absolute Gasteiger partial charge is 0.168 e. The van der Waals surface area contributed by atoms with Crippen LogP contribution in [0.3, 0.4) is 0 Å².